The number of amides is 1. The maximum atomic E-state index is 11.3. The molecule has 3 aromatic rings. The molecule has 0 heterocycles. The van der Waals surface area contributed by atoms with Crippen LogP contribution in [-0.4, -0.2) is 43.1 Å². The number of hydrogen-bond donors (Lipinski definition) is 5. The number of carboxylic acids is 1. The third-order valence-corrected chi connectivity index (χ3v) is 5.35. The Morgan fingerprint density at radius 2 is 1.51 bits per heavy atom. The van der Waals surface area contributed by atoms with Crippen LogP contribution in [0.25, 0.3) is 0 Å². The normalized spacial score (nSPS) is 11.8. The molecule has 1 amide bonds. The highest BCUT2D eigenvalue weighted by Crippen LogP contribution is 2.24. The van der Waals surface area contributed by atoms with E-state index < -0.39 is 27.9 Å². The zero-order valence-corrected chi connectivity index (χ0v) is 19.3. The van der Waals surface area contributed by atoms with E-state index in [1.165, 1.54) is 18.2 Å². The molecule has 3 rings (SSSR count). The number of phenolic OH excluding ortho intramolecular Hbond substituents is 1. The average molecular weight is 500 g/mol. The molecule has 1 atom stereocenters. The minimum absolute atomic E-state index is 0.0373. The van der Waals surface area contributed by atoms with Gasteiger partial charge in [-0.25, -0.2) is 18.4 Å². The van der Waals surface area contributed by atoms with Crippen LogP contribution in [0.1, 0.15) is 5.56 Å². The molecular weight excluding hydrogens is 474 g/mol. The topological polar surface area (TPSA) is 198 Å². The number of rotatable bonds is 8. The number of nitrogens with two attached hydrogens (primary N) is 2. The third-order valence-electron chi connectivity index (χ3n) is 4.40. The van der Waals surface area contributed by atoms with Gasteiger partial charge in [-0.05, 0) is 42.0 Å². The molecule has 0 saturated heterocycles. The van der Waals surface area contributed by atoms with Gasteiger partial charge in [-0.15, -0.1) is 5.11 Å². The van der Waals surface area contributed by atoms with Gasteiger partial charge < -0.3 is 21.3 Å². The molecule has 0 spiro atoms. The number of carboxylic acid groups (broad SMARTS) is 1. The van der Waals surface area contributed by atoms with Crippen molar-refractivity contribution in [2.45, 2.75) is 17.4 Å². The van der Waals surface area contributed by atoms with Gasteiger partial charge in [-0.1, -0.05) is 42.5 Å². The number of azo groups is 1. The van der Waals surface area contributed by atoms with Crippen molar-refractivity contribution >= 4 is 33.3 Å². The molecule has 3 aromatic carbocycles. The van der Waals surface area contributed by atoms with Crippen LogP contribution in [0.4, 0.5) is 11.4 Å². The van der Waals surface area contributed by atoms with Gasteiger partial charge in [0.15, 0.2) is 0 Å². The van der Waals surface area contributed by atoms with Gasteiger partial charge in [0, 0.05) is 6.42 Å². The number of aliphatic carboxylic acids is 1. The standard InChI is InChI=1S/C12H11N3O2S.C11H14N2O4/c13-18(16,17)12-9-5-4-8-11(12)15-14-10-6-2-1-3-7-10;12-6-10(15)13-9(11(16)17)5-7-1-3-8(14)4-2-7/h1-9H,(H2,13,16,17);1-4,9,14H,5-6,12H2,(H,13,15)(H,16,17). The Morgan fingerprint density at radius 1 is 0.914 bits per heavy atom. The van der Waals surface area contributed by atoms with Gasteiger partial charge in [0.1, 0.15) is 22.4 Å². The lowest BCUT2D eigenvalue weighted by Gasteiger charge is -2.13. The molecule has 1 unspecified atom stereocenters. The summed E-state index contributed by atoms with van der Waals surface area (Å²) in [5.74, 6) is -1.54. The fourth-order valence-corrected chi connectivity index (χ4v) is 3.38. The van der Waals surface area contributed by atoms with Crippen molar-refractivity contribution in [3.05, 3.63) is 84.4 Å². The van der Waals surface area contributed by atoms with Crippen LogP contribution in [0.5, 0.6) is 5.75 Å². The van der Waals surface area contributed by atoms with Crippen LogP contribution in [0.2, 0.25) is 0 Å². The molecule has 12 heteroatoms. The summed E-state index contributed by atoms with van der Waals surface area (Å²) in [4.78, 5) is 21.9. The van der Waals surface area contributed by atoms with E-state index in [0.29, 0.717) is 11.3 Å². The van der Waals surface area contributed by atoms with Crippen LogP contribution in [-0.2, 0) is 26.0 Å². The van der Waals surface area contributed by atoms with Gasteiger partial charge in [-0.2, -0.15) is 5.11 Å². The first kappa shape index (κ1) is 27.1. The van der Waals surface area contributed by atoms with E-state index >= 15 is 0 Å². The number of phenols is 1. The Kier molecular flexibility index (Phi) is 10.0. The highest BCUT2D eigenvalue weighted by Gasteiger charge is 2.19. The van der Waals surface area contributed by atoms with Crippen molar-refractivity contribution in [2.24, 2.45) is 21.1 Å². The Balaban J connectivity index is 0.000000247. The Bertz CT molecular complexity index is 1270. The largest absolute Gasteiger partial charge is 0.508 e. The van der Waals surface area contributed by atoms with Crippen molar-refractivity contribution in [3.8, 4) is 5.75 Å². The summed E-state index contributed by atoms with van der Waals surface area (Å²) in [6.07, 6.45) is 0.140. The first-order valence-electron chi connectivity index (χ1n) is 10.2. The molecule has 0 bridgehead atoms. The summed E-state index contributed by atoms with van der Waals surface area (Å²) in [7, 11) is -3.79. The van der Waals surface area contributed by atoms with Crippen molar-refractivity contribution in [2.75, 3.05) is 6.54 Å². The predicted octanol–water partition coefficient (Wildman–Crippen LogP) is 2.21. The van der Waals surface area contributed by atoms with E-state index in [1.54, 1.807) is 42.5 Å². The van der Waals surface area contributed by atoms with E-state index in [9.17, 15) is 18.0 Å². The summed E-state index contributed by atoms with van der Waals surface area (Å²) < 4.78 is 22.7. The minimum atomic E-state index is -3.79. The molecule has 0 aliphatic carbocycles. The fraction of sp³-hybridized carbons (Fsp3) is 0.130. The monoisotopic (exact) mass is 499 g/mol. The second-order valence-corrected chi connectivity index (χ2v) is 8.61. The maximum Gasteiger partial charge on any atom is 0.326 e. The number of aromatic hydroxyl groups is 1. The first-order chi connectivity index (χ1) is 16.6. The van der Waals surface area contributed by atoms with E-state index in [0.717, 1.165) is 0 Å². The zero-order chi connectivity index (χ0) is 25.8. The molecule has 7 N–H and O–H groups in total. The van der Waals surface area contributed by atoms with Crippen molar-refractivity contribution in [1.29, 1.82) is 0 Å². The van der Waals surface area contributed by atoms with E-state index in [4.69, 9.17) is 21.1 Å². The maximum absolute atomic E-state index is 11.3. The van der Waals surface area contributed by atoms with Gasteiger partial charge in [0.2, 0.25) is 15.9 Å². The quantitative estimate of drug-likeness (QED) is 0.293. The molecule has 0 saturated carbocycles. The number of nitrogens with one attached hydrogen (secondary N) is 1. The van der Waals surface area contributed by atoms with Crippen molar-refractivity contribution in [1.82, 2.24) is 5.32 Å². The summed E-state index contributed by atoms with van der Waals surface area (Å²) >= 11 is 0. The fourth-order valence-electron chi connectivity index (χ4n) is 2.71. The van der Waals surface area contributed by atoms with Gasteiger partial charge in [0.05, 0.1) is 12.2 Å². The molecule has 0 aromatic heterocycles. The Hall–Kier alpha value is -4.13. The third kappa shape index (κ3) is 9.33. The molecule has 0 aliphatic heterocycles. The van der Waals surface area contributed by atoms with Crippen LogP contribution < -0.4 is 16.2 Å². The Morgan fingerprint density at radius 3 is 2.09 bits per heavy atom. The highest BCUT2D eigenvalue weighted by atomic mass is 32.2. The number of carbonyl (C=O) groups excluding carboxylic acids is 1. The van der Waals surface area contributed by atoms with Crippen LogP contribution >= 0.6 is 0 Å². The number of nitrogens with zero attached hydrogens (tertiary/aromatic N) is 2. The SMILES string of the molecule is NCC(=O)NC(Cc1ccc(O)cc1)C(=O)O.NS(=O)(=O)c1ccccc1N=Nc1ccccc1. The lowest BCUT2D eigenvalue weighted by Crippen LogP contribution is -2.44. The molecule has 0 radical (unpaired) electrons. The zero-order valence-electron chi connectivity index (χ0n) is 18.5. The number of hydrogen-bond acceptors (Lipinski definition) is 8. The molecule has 11 nitrogen and oxygen atoms in total. The summed E-state index contributed by atoms with van der Waals surface area (Å²) in [5, 5.41) is 33.3. The molecule has 35 heavy (non-hydrogen) atoms. The van der Waals surface area contributed by atoms with Crippen LogP contribution in [0.3, 0.4) is 0 Å². The summed E-state index contributed by atoms with van der Waals surface area (Å²) in [5.41, 5.74) is 6.66. The number of sulfonamides is 1. The second-order valence-electron chi connectivity index (χ2n) is 7.08. The molecular formula is C23H25N5O6S. The van der Waals surface area contributed by atoms with Crippen LogP contribution in [0, 0.1) is 0 Å². The molecule has 0 fully saturated rings. The van der Waals surface area contributed by atoms with E-state index in [-0.39, 0.29) is 29.3 Å². The summed E-state index contributed by atoms with van der Waals surface area (Å²) in [6, 6.07) is 20.3. The summed E-state index contributed by atoms with van der Waals surface area (Å²) in [6.45, 7) is -0.251. The van der Waals surface area contributed by atoms with Crippen molar-refractivity contribution < 1.29 is 28.2 Å². The van der Waals surface area contributed by atoms with Gasteiger partial charge in [-0.3, -0.25) is 4.79 Å². The lowest BCUT2D eigenvalue weighted by molar-refractivity contribution is -0.141. The predicted molar refractivity (Wildman–Crippen MR) is 129 cm³/mol. The number of benzene rings is 3. The van der Waals surface area contributed by atoms with Gasteiger partial charge in [0.25, 0.3) is 0 Å². The first-order valence-corrected chi connectivity index (χ1v) is 11.7. The highest BCUT2D eigenvalue weighted by molar-refractivity contribution is 7.89. The molecule has 0 aliphatic rings. The lowest BCUT2D eigenvalue weighted by atomic mass is 10.1. The van der Waals surface area contributed by atoms with E-state index in [2.05, 4.69) is 15.5 Å². The molecule has 184 valence electrons. The van der Waals surface area contributed by atoms with Crippen LogP contribution in [0.15, 0.2) is 94.0 Å². The van der Waals surface area contributed by atoms with Gasteiger partial charge >= 0.3 is 5.97 Å². The number of primary sulfonamides is 1. The smallest absolute Gasteiger partial charge is 0.326 e. The van der Waals surface area contributed by atoms with Crippen molar-refractivity contribution in [3.63, 3.8) is 0 Å². The van der Waals surface area contributed by atoms with E-state index in [1.807, 2.05) is 18.2 Å². The second kappa shape index (κ2) is 12.9. The minimum Gasteiger partial charge on any atom is -0.508 e. The Labute approximate surface area is 202 Å². The number of carbonyl (C=O) groups is 2. The average Bonchev–Trinajstić information content (AvgIpc) is 2.84.